The molecule has 0 fully saturated rings. The van der Waals surface area contributed by atoms with Crippen molar-refractivity contribution in [1.82, 2.24) is 25.4 Å². The maximum atomic E-state index is 12.5. The summed E-state index contributed by atoms with van der Waals surface area (Å²) in [5, 5.41) is 22.0. The molecule has 11 heteroatoms. The molecule has 0 amide bonds. The first-order valence-electron chi connectivity index (χ1n) is 6.75. The first-order chi connectivity index (χ1) is 11.9. The number of allylic oxidation sites excluding steroid dienone is 1. The van der Waals surface area contributed by atoms with Crippen LogP contribution in [0.2, 0.25) is 5.02 Å². The van der Waals surface area contributed by atoms with E-state index in [1.54, 1.807) is 0 Å². The van der Waals surface area contributed by atoms with Gasteiger partial charge in [-0.1, -0.05) is 11.6 Å². The number of carbonyl (C=O) groups excluding carboxylic acids is 1. The van der Waals surface area contributed by atoms with Crippen molar-refractivity contribution in [2.45, 2.75) is 9.92 Å². The number of nitrogens with zero attached hydrogens (tertiary/aromatic N) is 3. The minimum Gasteiger partial charge on any atom is -0.505 e. The Kier molecular flexibility index (Phi) is 4.38. The van der Waals surface area contributed by atoms with Crippen LogP contribution in [-0.4, -0.2) is 44.7 Å². The van der Waals surface area contributed by atoms with Gasteiger partial charge in [0.05, 0.1) is 4.90 Å². The highest BCUT2D eigenvalue weighted by Gasteiger charge is 2.21. The molecule has 0 aliphatic carbocycles. The zero-order chi connectivity index (χ0) is 18.0. The van der Waals surface area contributed by atoms with Crippen molar-refractivity contribution in [3.63, 3.8) is 0 Å². The van der Waals surface area contributed by atoms with Crippen LogP contribution in [0.15, 0.2) is 52.7 Å². The van der Waals surface area contributed by atoms with Gasteiger partial charge < -0.3 is 5.11 Å². The highest BCUT2D eigenvalue weighted by molar-refractivity contribution is 7.91. The van der Waals surface area contributed by atoms with Crippen LogP contribution in [-0.2, 0) is 9.84 Å². The summed E-state index contributed by atoms with van der Waals surface area (Å²) < 4.78 is 25.0. The van der Waals surface area contributed by atoms with Gasteiger partial charge in [-0.05, 0) is 24.3 Å². The van der Waals surface area contributed by atoms with E-state index in [0.29, 0.717) is 5.02 Å². The van der Waals surface area contributed by atoms with E-state index in [-0.39, 0.29) is 21.4 Å². The lowest BCUT2D eigenvalue weighted by Crippen LogP contribution is -2.02. The number of aliphatic hydroxyl groups is 1. The fraction of sp³-hybridized carbons (Fsp3) is 0. The van der Waals surface area contributed by atoms with Gasteiger partial charge in [-0.2, -0.15) is 10.2 Å². The number of hydrogen-bond donors (Lipinski definition) is 3. The predicted octanol–water partition coefficient (Wildman–Crippen LogP) is 1.80. The smallest absolute Gasteiger partial charge is 0.226 e. The second-order valence-electron chi connectivity index (χ2n) is 4.80. The summed E-state index contributed by atoms with van der Waals surface area (Å²) >= 11 is 5.74. The number of rotatable bonds is 5. The number of aromatic amines is 2. The molecular weight excluding hydrogens is 370 g/mol. The average Bonchev–Trinajstić information content (AvgIpc) is 3.27. The molecule has 0 radical (unpaired) electrons. The van der Waals surface area contributed by atoms with Gasteiger partial charge in [0, 0.05) is 17.2 Å². The molecule has 25 heavy (non-hydrogen) atoms. The summed E-state index contributed by atoms with van der Waals surface area (Å²) in [4.78, 5) is 15.5. The Labute approximate surface area is 146 Å². The van der Waals surface area contributed by atoms with Crippen molar-refractivity contribution in [3.8, 4) is 0 Å². The van der Waals surface area contributed by atoms with Gasteiger partial charge in [0.1, 0.15) is 17.8 Å². The average molecular weight is 380 g/mol. The third-order valence-corrected chi connectivity index (χ3v) is 5.08. The number of hydrogen-bond acceptors (Lipinski definition) is 7. The third kappa shape index (κ3) is 3.44. The Morgan fingerprint density at radius 3 is 2.56 bits per heavy atom. The number of aromatic nitrogens is 5. The molecular formula is C14H10ClN5O4S. The summed E-state index contributed by atoms with van der Waals surface area (Å²) in [6, 6.07) is 6.70. The van der Waals surface area contributed by atoms with E-state index < -0.39 is 21.4 Å². The van der Waals surface area contributed by atoms with Crippen LogP contribution < -0.4 is 0 Å². The van der Waals surface area contributed by atoms with Crippen molar-refractivity contribution in [2.75, 3.05) is 0 Å². The van der Waals surface area contributed by atoms with Crippen LogP contribution in [0.3, 0.4) is 0 Å². The molecule has 0 spiro atoms. The minimum absolute atomic E-state index is 0.00769. The second kappa shape index (κ2) is 6.49. The SMILES string of the molecule is O=C(C=C(O)c1cc(S(=O)(=O)c2ccc(Cl)cc2)[nH]n1)c1ncn[nH]1. The molecule has 0 aliphatic heterocycles. The number of carbonyl (C=O) groups is 1. The molecule has 3 aromatic rings. The van der Waals surface area contributed by atoms with Crippen molar-refractivity contribution < 1.29 is 18.3 Å². The summed E-state index contributed by atoms with van der Waals surface area (Å²) in [6.45, 7) is 0. The molecule has 2 aromatic heterocycles. The Morgan fingerprint density at radius 1 is 1.20 bits per heavy atom. The molecule has 0 saturated heterocycles. The maximum Gasteiger partial charge on any atom is 0.226 e. The van der Waals surface area contributed by atoms with Gasteiger partial charge in [-0.3, -0.25) is 15.0 Å². The first-order valence-corrected chi connectivity index (χ1v) is 8.61. The number of aliphatic hydroxyl groups excluding tert-OH is 1. The molecule has 3 rings (SSSR count). The van der Waals surface area contributed by atoms with E-state index in [1.807, 2.05) is 0 Å². The maximum absolute atomic E-state index is 12.5. The lowest BCUT2D eigenvalue weighted by Gasteiger charge is -2.01. The molecule has 0 bridgehead atoms. The van der Waals surface area contributed by atoms with Gasteiger partial charge in [0.25, 0.3) is 0 Å². The number of nitrogens with one attached hydrogen (secondary N) is 2. The van der Waals surface area contributed by atoms with Crippen molar-refractivity contribution in [1.29, 1.82) is 0 Å². The summed E-state index contributed by atoms with van der Waals surface area (Å²) in [6.07, 6.45) is 2.00. The van der Waals surface area contributed by atoms with E-state index in [4.69, 9.17) is 11.6 Å². The van der Waals surface area contributed by atoms with Crippen molar-refractivity contribution >= 4 is 33.0 Å². The molecule has 0 atom stereocenters. The Bertz CT molecular complexity index is 1040. The fourth-order valence-electron chi connectivity index (χ4n) is 1.90. The molecule has 1 aromatic carbocycles. The second-order valence-corrected chi connectivity index (χ2v) is 7.16. The molecule has 0 unspecified atom stereocenters. The topological polar surface area (TPSA) is 142 Å². The van der Waals surface area contributed by atoms with Gasteiger partial charge in [-0.15, -0.1) is 0 Å². The third-order valence-electron chi connectivity index (χ3n) is 3.15. The fourth-order valence-corrected chi connectivity index (χ4v) is 3.21. The van der Waals surface area contributed by atoms with E-state index in [0.717, 1.165) is 18.5 Å². The van der Waals surface area contributed by atoms with E-state index in [9.17, 15) is 18.3 Å². The van der Waals surface area contributed by atoms with Crippen LogP contribution in [0, 0.1) is 0 Å². The van der Waals surface area contributed by atoms with Crippen LogP contribution in [0.5, 0.6) is 0 Å². The van der Waals surface area contributed by atoms with Crippen molar-refractivity contribution in [3.05, 3.63) is 59.3 Å². The Balaban J connectivity index is 1.89. The van der Waals surface area contributed by atoms with Crippen LogP contribution in [0.4, 0.5) is 0 Å². The lowest BCUT2D eigenvalue weighted by molar-refractivity contribution is 0.103. The van der Waals surface area contributed by atoms with Crippen LogP contribution in [0.25, 0.3) is 5.76 Å². The van der Waals surface area contributed by atoms with Gasteiger partial charge in [-0.25, -0.2) is 13.4 Å². The number of halogens is 1. The van der Waals surface area contributed by atoms with Gasteiger partial charge in [0.2, 0.25) is 15.6 Å². The lowest BCUT2D eigenvalue weighted by atomic mass is 10.2. The number of H-pyrrole nitrogens is 2. The van der Waals surface area contributed by atoms with Crippen LogP contribution in [0.1, 0.15) is 16.3 Å². The Morgan fingerprint density at radius 2 is 1.92 bits per heavy atom. The monoisotopic (exact) mass is 379 g/mol. The summed E-state index contributed by atoms with van der Waals surface area (Å²) in [5.74, 6) is -1.23. The molecule has 0 aliphatic rings. The summed E-state index contributed by atoms with van der Waals surface area (Å²) in [5.41, 5.74) is -0.111. The van der Waals surface area contributed by atoms with Gasteiger partial charge >= 0.3 is 0 Å². The van der Waals surface area contributed by atoms with E-state index >= 15 is 0 Å². The van der Waals surface area contributed by atoms with Crippen LogP contribution >= 0.6 is 11.6 Å². The number of ketones is 1. The zero-order valence-electron chi connectivity index (χ0n) is 12.3. The zero-order valence-corrected chi connectivity index (χ0v) is 13.9. The molecule has 0 saturated carbocycles. The molecule has 128 valence electrons. The highest BCUT2D eigenvalue weighted by atomic mass is 35.5. The number of benzene rings is 1. The number of sulfone groups is 1. The quantitative estimate of drug-likeness (QED) is 0.348. The largest absolute Gasteiger partial charge is 0.505 e. The molecule has 2 heterocycles. The normalized spacial score (nSPS) is 12.3. The highest BCUT2D eigenvalue weighted by Crippen LogP contribution is 2.22. The Hall–Kier alpha value is -2.98. The standard InChI is InChI=1S/C14H10ClN5O4S/c15-8-1-3-9(4-2-8)25(23,24)13-5-10(18-19-13)11(21)6-12(22)14-16-7-17-20-14/h1-7,21H,(H,18,19)(H,16,17,20). The molecule has 9 nitrogen and oxygen atoms in total. The van der Waals surface area contributed by atoms with Gasteiger partial charge in [0.15, 0.2) is 10.9 Å². The predicted molar refractivity (Wildman–Crippen MR) is 86.8 cm³/mol. The first kappa shape index (κ1) is 16.9. The van der Waals surface area contributed by atoms with E-state index in [1.165, 1.54) is 24.3 Å². The summed E-state index contributed by atoms with van der Waals surface area (Å²) in [7, 11) is -3.87. The molecule has 3 N–H and O–H groups in total. The minimum atomic E-state index is -3.87. The van der Waals surface area contributed by atoms with Crippen molar-refractivity contribution in [2.24, 2.45) is 0 Å². The van der Waals surface area contributed by atoms with E-state index in [2.05, 4.69) is 25.4 Å².